The van der Waals surface area contributed by atoms with Crippen LogP contribution in [0.2, 0.25) is 0 Å². The van der Waals surface area contributed by atoms with E-state index in [9.17, 15) is 4.79 Å². The molecule has 1 amide bonds. The molecule has 2 aromatic heterocycles. The molecule has 1 N–H and O–H groups in total. The van der Waals surface area contributed by atoms with Gasteiger partial charge in [0.15, 0.2) is 0 Å². The van der Waals surface area contributed by atoms with Gasteiger partial charge in [-0.25, -0.2) is 0 Å². The van der Waals surface area contributed by atoms with Crippen molar-refractivity contribution in [3.63, 3.8) is 0 Å². The van der Waals surface area contributed by atoms with E-state index in [1.165, 1.54) is 0 Å². The van der Waals surface area contributed by atoms with Crippen LogP contribution in [-0.4, -0.2) is 34.9 Å². The van der Waals surface area contributed by atoms with Crippen LogP contribution in [0, 0.1) is 0 Å². The molecular weight excluding hydrogens is 332 g/mol. The maximum atomic E-state index is 12.5. The molecule has 0 aliphatic carbocycles. The van der Waals surface area contributed by atoms with Gasteiger partial charge in [0.05, 0.1) is 19.9 Å². The Hall–Kier alpha value is -3.35. The lowest BCUT2D eigenvalue weighted by Gasteiger charge is -2.08. The molecule has 0 bridgehead atoms. The summed E-state index contributed by atoms with van der Waals surface area (Å²) in [5, 5.41) is 7.32. The summed E-state index contributed by atoms with van der Waals surface area (Å²) in [7, 11) is 4.92. The lowest BCUT2D eigenvalue weighted by Crippen LogP contribution is -2.25. The molecule has 1 aromatic carbocycles. The zero-order chi connectivity index (χ0) is 18.5. The smallest absolute Gasteiger partial charge is 0.269 e. The Bertz CT molecular complexity index is 906. The predicted molar refractivity (Wildman–Crippen MR) is 97.2 cm³/mol. The van der Waals surface area contributed by atoms with Crippen molar-refractivity contribution in [3.05, 3.63) is 60.0 Å². The minimum absolute atomic E-state index is 0.206. The van der Waals surface area contributed by atoms with E-state index in [2.05, 4.69) is 15.4 Å². The maximum Gasteiger partial charge on any atom is 0.269 e. The first-order valence-electron chi connectivity index (χ1n) is 8.06. The summed E-state index contributed by atoms with van der Waals surface area (Å²) in [4.78, 5) is 16.5. The summed E-state index contributed by atoms with van der Waals surface area (Å²) in [6.07, 6.45) is 3.41. The van der Waals surface area contributed by atoms with E-state index >= 15 is 0 Å². The highest BCUT2D eigenvalue weighted by Crippen LogP contribution is 2.32. The third-order valence-corrected chi connectivity index (χ3v) is 3.97. The number of hydrogen-bond acceptors (Lipinski definition) is 5. The van der Waals surface area contributed by atoms with Gasteiger partial charge in [0.1, 0.15) is 17.2 Å². The van der Waals surface area contributed by atoms with E-state index in [-0.39, 0.29) is 5.91 Å². The molecule has 0 saturated carbocycles. The summed E-state index contributed by atoms with van der Waals surface area (Å²) in [6.45, 7) is 0.402. The lowest BCUT2D eigenvalue weighted by molar-refractivity contribution is 0.0941. The van der Waals surface area contributed by atoms with Crippen LogP contribution < -0.4 is 14.8 Å². The summed E-state index contributed by atoms with van der Waals surface area (Å²) in [6, 6.07) is 10.9. The number of carbonyl (C=O) groups excluding carboxylic acids is 1. The van der Waals surface area contributed by atoms with Crippen molar-refractivity contribution in [1.29, 1.82) is 0 Å². The molecule has 0 spiro atoms. The fourth-order valence-electron chi connectivity index (χ4n) is 2.60. The molecule has 2 heterocycles. The van der Waals surface area contributed by atoms with Gasteiger partial charge >= 0.3 is 0 Å². The number of carbonyl (C=O) groups is 1. The van der Waals surface area contributed by atoms with Crippen LogP contribution in [0.15, 0.2) is 48.8 Å². The molecule has 0 aliphatic heterocycles. The first-order chi connectivity index (χ1) is 12.6. The fraction of sp³-hybridized carbons (Fsp3) is 0.211. The average molecular weight is 352 g/mol. The molecule has 0 aliphatic rings. The fourth-order valence-corrected chi connectivity index (χ4v) is 2.60. The van der Waals surface area contributed by atoms with Crippen LogP contribution in [0.4, 0.5) is 0 Å². The summed E-state index contributed by atoms with van der Waals surface area (Å²) >= 11 is 0. The largest absolute Gasteiger partial charge is 0.497 e. The Morgan fingerprint density at radius 3 is 2.73 bits per heavy atom. The molecule has 0 unspecified atom stereocenters. The van der Waals surface area contributed by atoms with Crippen LogP contribution in [0.5, 0.6) is 11.5 Å². The van der Waals surface area contributed by atoms with Crippen molar-refractivity contribution >= 4 is 5.91 Å². The number of nitrogens with one attached hydrogen (secondary N) is 1. The third-order valence-electron chi connectivity index (χ3n) is 3.97. The second kappa shape index (κ2) is 7.69. The number of rotatable bonds is 6. The van der Waals surface area contributed by atoms with Gasteiger partial charge in [-0.3, -0.25) is 14.5 Å². The summed E-state index contributed by atoms with van der Waals surface area (Å²) in [5.41, 5.74) is 2.83. The van der Waals surface area contributed by atoms with Gasteiger partial charge in [0, 0.05) is 37.6 Å². The zero-order valence-electron chi connectivity index (χ0n) is 14.9. The van der Waals surface area contributed by atoms with Crippen molar-refractivity contribution in [2.75, 3.05) is 14.2 Å². The van der Waals surface area contributed by atoms with Gasteiger partial charge in [0.2, 0.25) is 0 Å². The predicted octanol–water partition coefficient (Wildman–Crippen LogP) is 2.43. The Kier molecular flexibility index (Phi) is 5.17. The molecule has 0 radical (unpaired) electrons. The van der Waals surface area contributed by atoms with Gasteiger partial charge in [-0.05, 0) is 29.8 Å². The zero-order valence-corrected chi connectivity index (χ0v) is 14.9. The summed E-state index contributed by atoms with van der Waals surface area (Å²) < 4.78 is 12.2. The molecule has 7 nitrogen and oxygen atoms in total. The van der Waals surface area contributed by atoms with Gasteiger partial charge in [-0.15, -0.1) is 0 Å². The quantitative estimate of drug-likeness (QED) is 0.737. The molecule has 0 saturated heterocycles. The highest BCUT2D eigenvalue weighted by molar-refractivity contribution is 5.93. The van der Waals surface area contributed by atoms with Crippen molar-refractivity contribution in [2.45, 2.75) is 6.54 Å². The standard InChI is InChI=1S/C19H20N4O3/c1-23-17(19(24)21-12-13-5-4-8-20-11-13)10-16(22-23)15-7-6-14(25-2)9-18(15)26-3/h4-11H,12H2,1-3H3,(H,21,24). The van der Waals surface area contributed by atoms with Crippen LogP contribution in [0.3, 0.4) is 0 Å². The van der Waals surface area contributed by atoms with Crippen LogP contribution in [0.25, 0.3) is 11.3 Å². The van der Waals surface area contributed by atoms with E-state index < -0.39 is 0 Å². The number of methoxy groups -OCH3 is 2. The second-order valence-corrected chi connectivity index (χ2v) is 5.65. The van der Waals surface area contributed by atoms with E-state index in [1.54, 1.807) is 50.5 Å². The van der Waals surface area contributed by atoms with Crippen molar-refractivity contribution in [3.8, 4) is 22.8 Å². The van der Waals surface area contributed by atoms with Crippen molar-refractivity contribution in [1.82, 2.24) is 20.1 Å². The number of pyridine rings is 1. The number of ether oxygens (including phenoxy) is 2. The van der Waals surface area contributed by atoms with Gasteiger partial charge in [-0.2, -0.15) is 5.10 Å². The highest BCUT2D eigenvalue weighted by atomic mass is 16.5. The Labute approximate surface area is 151 Å². The van der Waals surface area contributed by atoms with E-state index in [4.69, 9.17) is 9.47 Å². The first kappa shape index (κ1) is 17.5. The van der Waals surface area contributed by atoms with Crippen LogP contribution in [0.1, 0.15) is 16.1 Å². The minimum Gasteiger partial charge on any atom is -0.497 e. The van der Waals surface area contributed by atoms with E-state index in [0.717, 1.165) is 11.1 Å². The Morgan fingerprint density at radius 2 is 2.04 bits per heavy atom. The molecule has 0 atom stereocenters. The SMILES string of the molecule is COc1ccc(-c2cc(C(=O)NCc3cccnc3)n(C)n2)c(OC)c1. The number of nitrogens with zero attached hydrogens (tertiary/aromatic N) is 3. The minimum atomic E-state index is -0.206. The molecule has 7 heteroatoms. The van der Waals surface area contributed by atoms with Crippen LogP contribution >= 0.6 is 0 Å². The second-order valence-electron chi connectivity index (χ2n) is 5.65. The van der Waals surface area contributed by atoms with Gasteiger partial charge in [-0.1, -0.05) is 6.07 Å². The van der Waals surface area contributed by atoms with E-state index in [0.29, 0.717) is 29.4 Å². The Morgan fingerprint density at radius 1 is 1.19 bits per heavy atom. The number of benzene rings is 1. The van der Waals surface area contributed by atoms with Crippen molar-refractivity contribution < 1.29 is 14.3 Å². The first-order valence-corrected chi connectivity index (χ1v) is 8.06. The topological polar surface area (TPSA) is 78.3 Å². The van der Waals surface area contributed by atoms with Crippen molar-refractivity contribution in [2.24, 2.45) is 7.05 Å². The number of hydrogen-bond donors (Lipinski definition) is 1. The average Bonchev–Trinajstić information content (AvgIpc) is 3.07. The highest BCUT2D eigenvalue weighted by Gasteiger charge is 2.17. The number of aromatic nitrogens is 3. The molecule has 26 heavy (non-hydrogen) atoms. The number of amides is 1. The number of aryl methyl sites for hydroxylation is 1. The molecular formula is C19H20N4O3. The lowest BCUT2D eigenvalue weighted by atomic mass is 10.1. The molecule has 134 valence electrons. The normalized spacial score (nSPS) is 10.4. The van der Waals surface area contributed by atoms with Gasteiger partial charge < -0.3 is 14.8 Å². The maximum absolute atomic E-state index is 12.5. The Balaban J connectivity index is 1.82. The summed E-state index contributed by atoms with van der Waals surface area (Å²) in [5.74, 6) is 1.11. The van der Waals surface area contributed by atoms with E-state index in [1.807, 2.05) is 24.3 Å². The molecule has 0 fully saturated rings. The van der Waals surface area contributed by atoms with Gasteiger partial charge in [0.25, 0.3) is 5.91 Å². The molecule has 3 aromatic rings. The molecule has 3 rings (SSSR count). The monoisotopic (exact) mass is 352 g/mol. The van der Waals surface area contributed by atoms with Crippen LogP contribution in [-0.2, 0) is 13.6 Å². The third kappa shape index (κ3) is 3.66.